The molecule has 0 aliphatic heterocycles. The van der Waals surface area contributed by atoms with E-state index < -0.39 is 0 Å². The van der Waals surface area contributed by atoms with Gasteiger partial charge >= 0.3 is 0 Å². The molecule has 0 aliphatic carbocycles. The van der Waals surface area contributed by atoms with Crippen LogP contribution in [0.4, 0.5) is 5.69 Å². The molecule has 0 amide bonds. The van der Waals surface area contributed by atoms with Crippen LogP contribution in [0.1, 0.15) is 5.56 Å². The van der Waals surface area contributed by atoms with Crippen molar-refractivity contribution < 1.29 is 4.74 Å². The predicted octanol–water partition coefficient (Wildman–Crippen LogP) is 4.73. The number of nitrogens with one attached hydrogen (secondary N) is 1. The first kappa shape index (κ1) is 14.4. The second-order valence-corrected chi connectivity index (χ2v) is 5.47. The van der Waals surface area contributed by atoms with E-state index in [1.807, 2.05) is 36.4 Å². The van der Waals surface area contributed by atoms with Crippen LogP contribution in [0.3, 0.4) is 0 Å². The highest BCUT2D eigenvalue weighted by atomic mass is 79.9. The van der Waals surface area contributed by atoms with Gasteiger partial charge in [-0.1, -0.05) is 45.7 Å². The third kappa shape index (κ3) is 5.23. The first-order chi connectivity index (χ1) is 9.24. The van der Waals surface area contributed by atoms with E-state index in [-0.39, 0.29) is 0 Å². The number of halogens is 2. The first-order valence-electron chi connectivity index (χ1n) is 6.06. The third-order valence-corrected chi connectivity index (χ3v) is 3.29. The fourth-order valence-electron chi connectivity index (χ4n) is 1.68. The van der Waals surface area contributed by atoms with Crippen molar-refractivity contribution in [2.24, 2.45) is 0 Å². The first-order valence-corrected chi connectivity index (χ1v) is 7.23. The molecule has 2 aromatic carbocycles. The van der Waals surface area contributed by atoms with Gasteiger partial charge in [0.15, 0.2) is 0 Å². The van der Waals surface area contributed by atoms with Crippen molar-refractivity contribution in [2.45, 2.75) is 6.61 Å². The Labute approximate surface area is 126 Å². The van der Waals surface area contributed by atoms with E-state index in [1.165, 1.54) is 0 Å². The monoisotopic (exact) mass is 339 g/mol. The molecule has 0 atom stereocenters. The Hall–Kier alpha value is -1.03. The van der Waals surface area contributed by atoms with Gasteiger partial charge in [0.1, 0.15) is 0 Å². The zero-order valence-corrected chi connectivity index (χ0v) is 12.7. The molecule has 2 rings (SSSR count). The van der Waals surface area contributed by atoms with Crippen molar-refractivity contribution >= 4 is 33.2 Å². The predicted molar refractivity (Wildman–Crippen MR) is 83.7 cm³/mol. The molecular weight excluding hydrogens is 326 g/mol. The maximum Gasteiger partial charge on any atom is 0.0718 e. The molecular formula is C15H15BrClNO. The Morgan fingerprint density at radius 2 is 1.95 bits per heavy atom. The third-order valence-electron chi connectivity index (χ3n) is 2.56. The maximum atomic E-state index is 5.90. The van der Waals surface area contributed by atoms with Crippen molar-refractivity contribution in [1.82, 2.24) is 0 Å². The van der Waals surface area contributed by atoms with E-state index in [9.17, 15) is 0 Å². The number of hydrogen-bond donors (Lipinski definition) is 1. The summed E-state index contributed by atoms with van der Waals surface area (Å²) in [7, 11) is 0. The largest absolute Gasteiger partial charge is 0.383 e. The molecule has 0 bridgehead atoms. The molecule has 0 radical (unpaired) electrons. The van der Waals surface area contributed by atoms with Gasteiger partial charge in [-0.25, -0.2) is 0 Å². The number of hydrogen-bond acceptors (Lipinski definition) is 2. The highest BCUT2D eigenvalue weighted by molar-refractivity contribution is 9.10. The summed E-state index contributed by atoms with van der Waals surface area (Å²) in [5.41, 5.74) is 2.18. The topological polar surface area (TPSA) is 21.3 Å². The lowest BCUT2D eigenvalue weighted by atomic mass is 10.2. The number of anilines is 1. The minimum atomic E-state index is 0.622. The van der Waals surface area contributed by atoms with E-state index in [2.05, 4.69) is 33.4 Å². The molecule has 0 spiro atoms. The second-order valence-electron chi connectivity index (χ2n) is 4.12. The second kappa shape index (κ2) is 7.53. The fourth-order valence-corrected chi connectivity index (χ4v) is 2.32. The Morgan fingerprint density at radius 1 is 1.11 bits per heavy atom. The molecule has 4 heteroatoms. The summed E-state index contributed by atoms with van der Waals surface area (Å²) in [4.78, 5) is 0. The van der Waals surface area contributed by atoms with Gasteiger partial charge in [0.25, 0.3) is 0 Å². The number of ether oxygens (including phenoxy) is 1. The van der Waals surface area contributed by atoms with E-state index in [4.69, 9.17) is 16.3 Å². The van der Waals surface area contributed by atoms with Crippen LogP contribution >= 0.6 is 27.5 Å². The summed E-state index contributed by atoms with van der Waals surface area (Å²) in [6.07, 6.45) is 0. The fraction of sp³-hybridized carbons (Fsp3) is 0.200. The number of rotatable bonds is 6. The standard InChI is InChI=1S/C15H15BrClNO/c16-13-4-1-3-12(9-13)11-19-8-7-18-15-6-2-5-14(17)10-15/h1-6,9-10,18H,7-8,11H2. The lowest BCUT2D eigenvalue weighted by molar-refractivity contribution is 0.130. The van der Waals surface area contributed by atoms with Crippen molar-refractivity contribution in [3.05, 3.63) is 63.6 Å². The molecule has 1 N–H and O–H groups in total. The summed E-state index contributed by atoms with van der Waals surface area (Å²) in [6.45, 7) is 2.03. The van der Waals surface area contributed by atoms with Crippen LogP contribution in [0.2, 0.25) is 5.02 Å². The Kier molecular flexibility index (Phi) is 5.70. The summed E-state index contributed by atoms with van der Waals surface area (Å²) in [5, 5.41) is 4.00. The average Bonchev–Trinajstić information content (AvgIpc) is 2.38. The van der Waals surface area contributed by atoms with Gasteiger partial charge in [-0.15, -0.1) is 0 Å². The van der Waals surface area contributed by atoms with Gasteiger partial charge in [-0.2, -0.15) is 0 Å². The van der Waals surface area contributed by atoms with E-state index in [0.29, 0.717) is 13.2 Å². The quantitative estimate of drug-likeness (QED) is 0.768. The normalized spacial score (nSPS) is 10.4. The van der Waals surface area contributed by atoms with Crippen molar-refractivity contribution in [2.75, 3.05) is 18.5 Å². The van der Waals surface area contributed by atoms with E-state index in [1.54, 1.807) is 0 Å². The molecule has 0 aliphatic rings. The van der Waals surface area contributed by atoms with Crippen LogP contribution in [-0.4, -0.2) is 13.2 Å². The van der Waals surface area contributed by atoms with Gasteiger partial charge in [-0.05, 0) is 35.9 Å². The van der Waals surface area contributed by atoms with Gasteiger partial charge in [0.2, 0.25) is 0 Å². The van der Waals surface area contributed by atoms with Gasteiger partial charge in [0.05, 0.1) is 13.2 Å². The van der Waals surface area contributed by atoms with Crippen LogP contribution in [0.25, 0.3) is 0 Å². The summed E-state index contributed by atoms with van der Waals surface area (Å²) in [6, 6.07) is 15.8. The molecule has 2 aromatic rings. The van der Waals surface area contributed by atoms with Crippen molar-refractivity contribution in [3.63, 3.8) is 0 Å². The van der Waals surface area contributed by atoms with Crippen LogP contribution in [-0.2, 0) is 11.3 Å². The van der Waals surface area contributed by atoms with Crippen LogP contribution in [0, 0.1) is 0 Å². The maximum absolute atomic E-state index is 5.90. The Morgan fingerprint density at radius 3 is 2.74 bits per heavy atom. The van der Waals surface area contributed by atoms with E-state index in [0.717, 1.165) is 27.3 Å². The SMILES string of the molecule is Clc1cccc(NCCOCc2cccc(Br)c2)c1. The Bertz CT molecular complexity index is 486. The molecule has 100 valence electrons. The Balaban J connectivity index is 1.67. The van der Waals surface area contributed by atoms with Crippen molar-refractivity contribution in [3.8, 4) is 0 Å². The van der Waals surface area contributed by atoms with E-state index >= 15 is 0 Å². The van der Waals surface area contributed by atoms with Crippen LogP contribution in [0.15, 0.2) is 53.0 Å². The summed E-state index contributed by atoms with van der Waals surface area (Å²) >= 11 is 9.35. The zero-order valence-electron chi connectivity index (χ0n) is 10.4. The molecule has 0 saturated heterocycles. The minimum absolute atomic E-state index is 0.622. The molecule has 2 nitrogen and oxygen atoms in total. The zero-order chi connectivity index (χ0) is 13.5. The molecule has 19 heavy (non-hydrogen) atoms. The summed E-state index contributed by atoms with van der Waals surface area (Å²) < 4.78 is 6.69. The average molecular weight is 341 g/mol. The minimum Gasteiger partial charge on any atom is -0.383 e. The lowest BCUT2D eigenvalue weighted by Crippen LogP contribution is -2.09. The van der Waals surface area contributed by atoms with Gasteiger partial charge < -0.3 is 10.1 Å². The van der Waals surface area contributed by atoms with Crippen molar-refractivity contribution in [1.29, 1.82) is 0 Å². The van der Waals surface area contributed by atoms with Crippen LogP contribution < -0.4 is 5.32 Å². The molecule has 0 fully saturated rings. The smallest absolute Gasteiger partial charge is 0.0718 e. The molecule has 0 unspecified atom stereocenters. The molecule has 0 heterocycles. The highest BCUT2D eigenvalue weighted by Crippen LogP contribution is 2.14. The summed E-state index contributed by atoms with van der Waals surface area (Å²) in [5.74, 6) is 0. The van der Waals surface area contributed by atoms with Gasteiger partial charge in [0, 0.05) is 21.7 Å². The highest BCUT2D eigenvalue weighted by Gasteiger charge is 1.96. The molecule has 0 aromatic heterocycles. The lowest BCUT2D eigenvalue weighted by Gasteiger charge is -2.08. The van der Waals surface area contributed by atoms with Gasteiger partial charge in [-0.3, -0.25) is 0 Å². The number of benzene rings is 2. The molecule has 0 saturated carbocycles. The van der Waals surface area contributed by atoms with Crippen LogP contribution in [0.5, 0.6) is 0 Å².